The van der Waals surface area contributed by atoms with Crippen molar-refractivity contribution in [3.8, 4) is 0 Å². The van der Waals surface area contributed by atoms with Crippen molar-refractivity contribution in [3.05, 3.63) is 12.2 Å². The first-order valence-electron chi connectivity index (χ1n) is 8.95. The molecule has 0 aliphatic carbocycles. The lowest BCUT2D eigenvalue weighted by atomic mass is 9.83. The first-order chi connectivity index (χ1) is 9.97. The maximum Gasteiger partial charge on any atom is 0.203 e. The summed E-state index contributed by atoms with van der Waals surface area (Å²) >= 11 is 0. The van der Waals surface area contributed by atoms with Crippen LogP contribution in [0.3, 0.4) is 0 Å². The normalized spacial score (nSPS) is 48.5. The van der Waals surface area contributed by atoms with Crippen molar-refractivity contribution in [2.24, 2.45) is 17.8 Å². The lowest BCUT2D eigenvalue weighted by Gasteiger charge is -2.41. The third-order valence-electron chi connectivity index (χ3n) is 7.15. The Balaban J connectivity index is 2.31. The fourth-order valence-electron chi connectivity index (χ4n) is 4.86. The van der Waals surface area contributed by atoms with Crippen molar-refractivity contribution in [1.29, 1.82) is 0 Å². The lowest BCUT2D eigenvalue weighted by molar-refractivity contribution is -0.868. The molecule has 0 saturated carbocycles. The summed E-state index contributed by atoms with van der Waals surface area (Å²) in [5, 5.41) is 4.12. The van der Waals surface area contributed by atoms with Crippen LogP contribution >= 0.6 is 10.0 Å². The van der Waals surface area contributed by atoms with Gasteiger partial charge in [-0.2, -0.15) is 10.0 Å². The van der Waals surface area contributed by atoms with Gasteiger partial charge in [-0.3, -0.25) is 0 Å². The molecule has 7 unspecified atom stereocenters. The largest absolute Gasteiger partial charge is 0.212 e. The zero-order valence-electron chi connectivity index (χ0n) is 16.4. The minimum Gasteiger partial charge on any atom is -0.212 e. The third kappa shape index (κ3) is 2.57. The molecule has 2 nitrogen and oxygen atoms in total. The standard InChI is InChI=1S/C19H39N2S/c1-13(2)11-12-14(3)18-15(4)16(5)22(9,10)19(18)21(8)17(6)20(21)7/h13,15-19H,3,11-12H2,1-2,4-10H3/q+1. The molecule has 2 rings (SSSR count). The molecule has 0 radical (unpaired) electrons. The van der Waals surface area contributed by atoms with Gasteiger partial charge in [0.1, 0.15) is 5.37 Å². The molecule has 22 heavy (non-hydrogen) atoms. The first-order valence-corrected chi connectivity index (χ1v) is 11.5. The molecular weight excluding hydrogens is 288 g/mol. The lowest BCUT2D eigenvalue weighted by Crippen LogP contribution is -2.44. The van der Waals surface area contributed by atoms with E-state index < -0.39 is 10.0 Å². The smallest absolute Gasteiger partial charge is 0.203 e. The van der Waals surface area contributed by atoms with E-state index in [0.717, 1.165) is 27.1 Å². The topological polar surface area (TPSA) is 3.01 Å². The second kappa shape index (κ2) is 5.82. The molecule has 7 atom stereocenters. The molecular formula is C19H39N2S+. The Bertz CT molecular complexity index is 430. The van der Waals surface area contributed by atoms with Crippen molar-refractivity contribution in [1.82, 2.24) is 5.01 Å². The second-order valence-corrected chi connectivity index (χ2v) is 13.1. The van der Waals surface area contributed by atoms with Crippen LogP contribution in [0.1, 0.15) is 47.5 Å². The number of hydrogen-bond acceptors (Lipinski definition) is 1. The van der Waals surface area contributed by atoms with Crippen LogP contribution in [0.4, 0.5) is 0 Å². The fraction of sp³-hybridized carbons (Fsp3) is 0.895. The first kappa shape index (κ1) is 18.4. The van der Waals surface area contributed by atoms with E-state index in [2.05, 4.69) is 72.8 Å². The van der Waals surface area contributed by atoms with Gasteiger partial charge in [0, 0.05) is 19.9 Å². The van der Waals surface area contributed by atoms with Crippen LogP contribution in [0.2, 0.25) is 0 Å². The molecule has 2 aliphatic heterocycles. The summed E-state index contributed by atoms with van der Waals surface area (Å²) < 4.78 is 1.14. The van der Waals surface area contributed by atoms with Crippen LogP contribution in [0.5, 0.6) is 0 Å². The van der Waals surface area contributed by atoms with E-state index in [9.17, 15) is 0 Å². The average Bonchev–Trinajstić information content (AvgIpc) is 2.83. The van der Waals surface area contributed by atoms with E-state index in [1.807, 2.05) is 0 Å². The summed E-state index contributed by atoms with van der Waals surface area (Å²) in [4.78, 5) is 0. The zero-order chi connectivity index (χ0) is 17.0. The Morgan fingerprint density at radius 1 is 1.23 bits per heavy atom. The summed E-state index contributed by atoms with van der Waals surface area (Å²) in [6.45, 7) is 16.6. The van der Waals surface area contributed by atoms with Gasteiger partial charge in [-0.25, -0.2) is 4.59 Å². The van der Waals surface area contributed by atoms with E-state index in [0.29, 0.717) is 12.1 Å². The molecule has 2 fully saturated rings. The molecule has 3 heteroatoms. The van der Waals surface area contributed by atoms with Gasteiger partial charge >= 0.3 is 0 Å². The van der Waals surface area contributed by atoms with E-state index >= 15 is 0 Å². The van der Waals surface area contributed by atoms with Gasteiger partial charge in [0.15, 0.2) is 0 Å². The van der Waals surface area contributed by atoms with Gasteiger partial charge in [0.25, 0.3) is 0 Å². The molecule has 0 N–H and O–H groups in total. The molecule has 0 spiro atoms. The average molecular weight is 328 g/mol. The number of quaternary nitrogens is 1. The number of rotatable bonds is 5. The van der Waals surface area contributed by atoms with Gasteiger partial charge in [-0.05, 0) is 42.4 Å². The predicted octanol–water partition coefficient (Wildman–Crippen LogP) is 4.68. The van der Waals surface area contributed by atoms with Gasteiger partial charge in [-0.15, -0.1) is 0 Å². The zero-order valence-corrected chi connectivity index (χ0v) is 17.2. The van der Waals surface area contributed by atoms with E-state index in [1.165, 1.54) is 18.4 Å². The number of nitrogens with zero attached hydrogens (tertiary/aromatic N) is 2. The molecule has 0 aromatic carbocycles. The maximum atomic E-state index is 4.59. The second-order valence-electron chi connectivity index (χ2n) is 8.86. The van der Waals surface area contributed by atoms with Crippen LogP contribution in [-0.4, -0.2) is 53.0 Å². The summed E-state index contributed by atoms with van der Waals surface area (Å²) in [5.41, 5.74) is 1.53. The Labute approximate surface area is 140 Å². The summed E-state index contributed by atoms with van der Waals surface area (Å²) in [7, 11) is 4.11. The van der Waals surface area contributed by atoms with Crippen LogP contribution in [0.25, 0.3) is 0 Å². The Hall–Kier alpha value is 0.01000. The Morgan fingerprint density at radius 3 is 2.14 bits per heavy atom. The SMILES string of the molecule is C=C(CCC(C)C)C1C(C)C(C)S(C)(C)C1[N+]1(C)C(C)N1C. The molecule has 130 valence electrons. The molecule has 2 heterocycles. The molecule has 0 aromatic heterocycles. The van der Waals surface area contributed by atoms with E-state index in [1.54, 1.807) is 0 Å². The van der Waals surface area contributed by atoms with Crippen molar-refractivity contribution >= 4 is 10.0 Å². The van der Waals surface area contributed by atoms with Gasteiger partial charge in [0.2, 0.25) is 6.17 Å². The molecule has 0 amide bonds. The van der Waals surface area contributed by atoms with Crippen molar-refractivity contribution in [2.45, 2.75) is 64.2 Å². The third-order valence-corrected chi connectivity index (χ3v) is 11.5. The van der Waals surface area contributed by atoms with Crippen molar-refractivity contribution in [3.63, 3.8) is 0 Å². The summed E-state index contributed by atoms with van der Waals surface area (Å²) in [6, 6.07) is 0. The highest BCUT2D eigenvalue weighted by atomic mass is 32.3. The quantitative estimate of drug-likeness (QED) is 0.402. The highest BCUT2D eigenvalue weighted by molar-refractivity contribution is 8.33. The highest BCUT2D eigenvalue weighted by Crippen LogP contribution is 2.69. The molecule has 0 aromatic rings. The Kier molecular flexibility index (Phi) is 4.86. The summed E-state index contributed by atoms with van der Waals surface area (Å²) in [5.74, 6) is 2.24. The minimum atomic E-state index is -0.639. The summed E-state index contributed by atoms with van der Waals surface area (Å²) in [6.07, 6.45) is 8.32. The predicted molar refractivity (Wildman–Crippen MR) is 102 cm³/mol. The van der Waals surface area contributed by atoms with Gasteiger partial charge < -0.3 is 0 Å². The number of hydrogen-bond donors (Lipinski definition) is 0. The van der Waals surface area contributed by atoms with E-state index in [4.69, 9.17) is 0 Å². The highest BCUT2D eigenvalue weighted by Gasteiger charge is 2.69. The van der Waals surface area contributed by atoms with Crippen LogP contribution < -0.4 is 0 Å². The van der Waals surface area contributed by atoms with Gasteiger partial charge in [0.05, 0.1) is 7.05 Å². The molecule has 0 bridgehead atoms. The van der Waals surface area contributed by atoms with Crippen LogP contribution in [0.15, 0.2) is 12.2 Å². The van der Waals surface area contributed by atoms with Crippen LogP contribution in [0, 0.1) is 17.8 Å². The van der Waals surface area contributed by atoms with Crippen molar-refractivity contribution < 1.29 is 4.59 Å². The monoisotopic (exact) mass is 327 g/mol. The maximum absolute atomic E-state index is 4.59. The van der Waals surface area contributed by atoms with Crippen LogP contribution in [-0.2, 0) is 0 Å². The molecule has 2 aliphatic rings. The van der Waals surface area contributed by atoms with Gasteiger partial charge in [-0.1, -0.05) is 44.9 Å². The van der Waals surface area contributed by atoms with Crippen molar-refractivity contribution in [2.75, 3.05) is 26.6 Å². The molecule has 2 saturated heterocycles. The van der Waals surface area contributed by atoms with E-state index in [-0.39, 0.29) is 0 Å². The Morgan fingerprint density at radius 2 is 1.73 bits per heavy atom. The minimum absolute atomic E-state index is 0.639. The fourth-order valence-corrected chi connectivity index (χ4v) is 9.20.